The third kappa shape index (κ3) is 2.03. The Hall–Kier alpha value is -1.14. The minimum atomic E-state index is -0.588. The van der Waals surface area contributed by atoms with Crippen LogP contribution in [0.25, 0.3) is 10.2 Å². The Morgan fingerprint density at radius 3 is 3.00 bits per heavy atom. The van der Waals surface area contributed by atoms with Crippen molar-refractivity contribution in [3.05, 3.63) is 31.8 Å². The van der Waals surface area contributed by atoms with Crippen molar-refractivity contribution in [2.45, 2.75) is 6.92 Å². The van der Waals surface area contributed by atoms with Crippen LogP contribution in [0.3, 0.4) is 0 Å². The van der Waals surface area contributed by atoms with E-state index in [0.717, 1.165) is 14.0 Å². The second kappa shape index (κ2) is 4.39. The average molecular weight is 302 g/mol. The van der Waals surface area contributed by atoms with Crippen molar-refractivity contribution in [2.75, 3.05) is 6.61 Å². The fraction of sp³-hybridized carbons (Fsp3) is 0.200. The second-order valence-electron chi connectivity index (χ2n) is 3.06. The van der Waals surface area contributed by atoms with Crippen LogP contribution in [0.4, 0.5) is 0 Å². The Kier molecular flexibility index (Phi) is 3.11. The van der Waals surface area contributed by atoms with Gasteiger partial charge in [0, 0.05) is 0 Å². The number of hydrogen-bond acceptors (Lipinski definition) is 4. The van der Waals surface area contributed by atoms with Gasteiger partial charge >= 0.3 is 5.97 Å². The number of thiophene rings is 1. The largest absolute Gasteiger partial charge is 0.462 e. The molecule has 84 valence electrons. The van der Waals surface area contributed by atoms with Crippen LogP contribution in [-0.2, 0) is 4.74 Å². The quantitative estimate of drug-likeness (QED) is 0.867. The van der Waals surface area contributed by atoms with Gasteiger partial charge in [-0.15, -0.1) is 11.3 Å². The maximum atomic E-state index is 11.6. The molecule has 0 aromatic carbocycles. The predicted molar refractivity (Wildman–Crippen MR) is 66.1 cm³/mol. The standard InChI is InChI=1S/C10H8BrNO3S/c1-2-15-10(14)5-3-7-6(12-9(5)13)4-8(11)16-7/h3-4H,2H2,1H3,(H,12,13). The van der Waals surface area contributed by atoms with Gasteiger partial charge in [-0.25, -0.2) is 4.79 Å². The predicted octanol–water partition coefficient (Wildman–Crippen LogP) is 2.53. The van der Waals surface area contributed by atoms with Crippen LogP contribution in [0.15, 0.2) is 20.7 Å². The zero-order valence-electron chi connectivity index (χ0n) is 8.37. The maximum Gasteiger partial charge on any atom is 0.343 e. The number of carbonyl (C=O) groups is 1. The first kappa shape index (κ1) is 11.3. The zero-order valence-corrected chi connectivity index (χ0v) is 10.8. The van der Waals surface area contributed by atoms with E-state index in [-0.39, 0.29) is 12.2 Å². The molecule has 4 nitrogen and oxygen atoms in total. The second-order valence-corrected chi connectivity index (χ2v) is 5.52. The number of H-pyrrole nitrogens is 1. The van der Waals surface area contributed by atoms with Gasteiger partial charge in [-0.3, -0.25) is 4.79 Å². The highest BCUT2D eigenvalue weighted by molar-refractivity contribution is 9.11. The van der Waals surface area contributed by atoms with Gasteiger partial charge < -0.3 is 9.72 Å². The van der Waals surface area contributed by atoms with Crippen LogP contribution in [-0.4, -0.2) is 17.6 Å². The van der Waals surface area contributed by atoms with Crippen LogP contribution in [0.5, 0.6) is 0 Å². The molecule has 0 aliphatic carbocycles. The number of hydrogen-bond donors (Lipinski definition) is 1. The summed E-state index contributed by atoms with van der Waals surface area (Å²) in [6.07, 6.45) is 0. The molecule has 2 aromatic rings. The molecule has 0 radical (unpaired) electrons. The third-order valence-electron chi connectivity index (χ3n) is 1.99. The molecule has 2 aromatic heterocycles. The van der Waals surface area contributed by atoms with E-state index in [0.29, 0.717) is 0 Å². The van der Waals surface area contributed by atoms with Crippen molar-refractivity contribution < 1.29 is 9.53 Å². The van der Waals surface area contributed by atoms with E-state index in [4.69, 9.17) is 4.74 Å². The summed E-state index contributed by atoms with van der Waals surface area (Å²) < 4.78 is 6.54. The first-order valence-corrected chi connectivity index (χ1v) is 6.22. The molecule has 0 fully saturated rings. The smallest absolute Gasteiger partial charge is 0.343 e. The van der Waals surface area contributed by atoms with Crippen molar-refractivity contribution in [3.8, 4) is 0 Å². The minimum absolute atomic E-state index is 0.0451. The summed E-state index contributed by atoms with van der Waals surface area (Å²) >= 11 is 4.77. The molecule has 0 amide bonds. The van der Waals surface area contributed by atoms with Crippen molar-refractivity contribution >= 4 is 43.5 Å². The van der Waals surface area contributed by atoms with Gasteiger partial charge in [0.2, 0.25) is 0 Å². The number of esters is 1. The topological polar surface area (TPSA) is 59.2 Å². The number of aromatic amines is 1. The summed E-state index contributed by atoms with van der Waals surface area (Å²) in [5.74, 6) is -0.588. The highest BCUT2D eigenvalue weighted by Crippen LogP contribution is 2.27. The highest BCUT2D eigenvalue weighted by atomic mass is 79.9. The lowest BCUT2D eigenvalue weighted by atomic mass is 10.2. The number of fused-ring (bicyclic) bond motifs is 1. The van der Waals surface area contributed by atoms with E-state index < -0.39 is 11.5 Å². The van der Waals surface area contributed by atoms with Crippen LogP contribution < -0.4 is 5.56 Å². The summed E-state index contributed by atoms with van der Waals surface area (Å²) in [5, 5.41) is 0. The molecule has 0 saturated heterocycles. The number of rotatable bonds is 2. The Morgan fingerprint density at radius 1 is 1.56 bits per heavy atom. The van der Waals surface area contributed by atoms with E-state index >= 15 is 0 Å². The SMILES string of the molecule is CCOC(=O)c1cc2sc(Br)cc2[nH]c1=O. The Balaban J connectivity index is 2.57. The molecule has 0 bridgehead atoms. The molecule has 2 heterocycles. The van der Waals surface area contributed by atoms with Gasteiger partial charge in [0.05, 0.1) is 20.6 Å². The van der Waals surface area contributed by atoms with Crippen molar-refractivity contribution in [1.29, 1.82) is 0 Å². The van der Waals surface area contributed by atoms with Crippen molar-refractivity contribution in [1.82, 2.24) is 4.98 Å². The van der Waals surface area contributed by atoms with Crippen molar-refractivity contribution in [3.63, 3.8) is 0 Å². The molecule has 6 heteroatoms. The van der Waals surface area contributed by atoms with Gasteiger partial charge in [0.1, 0.15) is 5.56 Å². The number of nitrogens with one attached hydrogen (secondary N) is 1. The van der Waals surface area contributed by atoms with Crippen LogP contribution >= 0.6 is 27.3 Å². The number of pyridine rings is 1. The molecule has 2 rings (SSSR count). The lowest BCUT2D eigenvalue weighted by molar-refractivity contribution is 0.0524. The molecular weight excluding hydrogens is 294 g/mol. The summed E-state index contributed by atoms with van der Waals surface area (Å²) in [4.78, 5) is 25.7. The molecule has 0 spiro atoms. The Morgan fingerprint density at radius 2 is 2.31 bits per heavy atom. The summed E-state index contributed by atoms with van der Waals surface area (Å²) in [6.45, 7) is 1.96. The van der Waals surface area contributed by atoms with Gasteiger partial charge in [-0.2, -0.15) is 0 Å². The number of carbonyl (C=O) groups excluding carboxylic acids is 1. The summed E-state index contributed by atoms with van der Waals surface area (Å²) in [5.41, 5.74) is 0.342. The third-order valence-corrected chi connectivity index (χ3v) is 3.58. The average Bonchev–Trinajstić information content (AvgIpc) is 2.56. The van der Waals surface area contributed by atoms with Crippen LogP contribution in [0.1, 0.15) is 17.3 Å². The summed E-state index contributed by atoms with van der Waals surface area (Å²) in [6, 6.07) is 3.36. The normalized spacial score (nSPS) is 10.6. The first-order valence-electron chi connectivity index (χ1n) is 4.61. The Bertz CT molecular complexity index is 602. The Labute approximate surface area is 103 Å². The van der Waals surface area contributed by atoms with Crippen LogP contribution in [0, 0.1) is 0 Å². The van der Waals surface area contributed by atoms with E-state index in [1.165, 1.54) is 11.3 Å². The van der Waals surface area contributed by atoms with Crippen molar-refractivity contribution in [2.24, 2.45) is 0 Å². The number of aromatic nitrogens is 1. The van der Waals surface area contributed by atoms with E-state index in [1.54, 1.807) is 19.1 Å². The molecule has 16 heavy (non-hydrogen) atoms. The highest BCUT2D eigenvalue weighted by Gasteiger charge is 2.13. The van der Waals surface area contributed by atoms with Gasteiger partial charge in [-0.1, -0.05) is 0 Å². The lowest BCUT2D eigenvalue weighted by Gasteiger charge is -2.00. The molecule has 0 aliphatic rings. The van der Waals surface area contributed by atoms with Gasteiger partial charge in [0.25, 0.3) is 5.56 Å². The van der Waals surface area contributed by atoms with E-state index in [9.17, 15) is 9.59 Å². The number of halogens is 1. The van der Waals surface area contributed by atoms with Gasteiger partial charge in [0.15, 0.2) is 0 Å². The molecule has 0 atom stereocenters. The first-order chi connectivity index (χ1) is 7.61. The number of ether oxygens (including phenoxy) is 1. The van der Waals surface area contributed by atoms with Gasteiger partial charge in [-0.05, 0) is 35.0 Å². The molecule has 0 aliphatic heterocycles. The monoisotopic (exact) mass is 301 g/mol. The summed E-state index contributed by atoms with van der Waals surface area (Å²) in [7, 11) is 0. The molecule has 0 unspecified atom stereocenters. The molecule has 0 saturated carbocycles. The fourth-order valence-electron chi connectivity index (χ4n) is 1.33. The minimum Gasteiger partial charge on any atom is -0.462 e. The lowest BCUT2D eigenvalue weighted by Crippen LogP contribution is -2.19. The maximum absolute atomic E-state index is 11.6. The fourth-order valence-corrected chi connectivity index (χ4v) is 2.86. The van der Waals surface area contributed by atoms with E-state index in [2.05, 4.69) is 20.9 Å². The zero-order chi connectivity index (χ0) is 11.7. The molecular formula is C10H8BrNO3S. The van der Waals surface area contributed by atoms with Crippen LogP contribution in [0.2, 0.25) is 0 Å². The van der Waals surface area contributed by atoms with E-state index in [1.807, 2.05) is 0 Å². The molecule has 1 N–H and O–H groups in total.